The molecule has 2 atom stereocenters. The molecule has 2 nitrogen and oxygen atoms in total. The van der Waals surface area contributed by atoms with Crippen molar-refractivity contribution in [3.63, 3.8) is 0 Å². The highest BCUT2D eigenvalue weighted by atomic mass is 19.4. The second-order valence-electron chi connectivity index (χ2n) is 6.35. The predicted octanol–water partition coefficient (Wildman–Crippen LogP) is 4.68. The molecule has 1 aromatic rings. The Morgan fingerprint density at radius 2 is 1.96 bits per heavy atom. The van der Waals surface area contributed by atoms with Gasteiger partial charge in [0.05, 0.1) is 0 Å². The Balaban J connectivity index is 1.91. The van der Waals surface area contributed by atoms with Gasteiger partial charge in [0.2, 0.25) is 0 Å². The van der Waals surface area contributed by atoms with Crippen LogP contribution in [-0.4, -0.2) is 17.7 Å². The molecule has 0 saturated heterocycles. The second-order valence-corrected chi connectivity index (χ2v) is 6.35. The Labute approximate surface area is 132 Å². The molecule has 0 bridgehead atoms. The van der Waals surface area contributed by atoms with Crippen LogP contribution in [0.1, 0.15) is 37.7 Å². The molecule has 0 spiro atoms. The first-order valence-corrected chi connectivity index (χ1v) is 7.52. The number of carbonyl (C=O) groups excluding carboxylic acids is 1. The van der Waals surface area contributed by atoms with E-state index in [-0.39, 0.29) is 5.92 Å². The summed E-state index contributed by atoms with van der Waals surface area (Å²) in [7, 11) is 0. The third-order valence-corrected chi connectivity index (χ3v) is 4.44. The number of halogens is 3. The lowest BCUT2D eigenvalue weighted by atomic mass is 9.73. The zero-order chi connectivity index (χ0) is 16.7. The van der Waals surface area contributed by atoms with E-state index in [1.54, 1.807) is 6.92 Å². The maximum absolute atomic E-state index is 12.6. The first-order valence-electron chi connectivity index (χ1n) is 7.52. The van der Waals surface area contributed by atoms with Crippen LogP contribution in [-0.2, 0) is 9.53 Å². The maximum atomic E-state index is 12.6. The normalized spacial score (nSPS) is 27.0. The van der Waals surface area contributed by atoms with Gasteiger partial charge in [0.15, 0.2) is 0 Å². The molecular formula is C18H17F3O2. The molecule has 0 saturated carbocycles. The third kappa shape index (κ3) is 3.19. The quantitative estimate of drug-likeness (QED) is 0.739. The molecule has 1 aromatic carbocycles. The fraction of sp³-hybridized carbons (Fsp3) is 0.389. The van der Waals surface area contributed by atoms with Gasteiger partial charge in [-0.2, -0.15) is 13.2 Å². The zero-order valence-electron chi connectivity index (χ0n) is 12.7. The minimum Gasteiger partial charge on any atom is -0.452 e. The number of allylic oxidation sites excluding steroid dienone is 3. The van der Waals surface area contributed by atoms with E-state index < -0.39 is 17.7 Å². The predicted molar refractivity (Wildman–Crippen MR) is 79.8 cm³/mol. The summed E-state index contributed by atoms with van der Waals surface area (Å²) in [5.41, 5.74) is 2.10. The highest BCUT2D eigenvalue weighted by Crippen LogP contribution is 2.48. The highest BCUT2D eigenvalue weighted by Gasteiger charge is 2.47. The highest BCUT2D eigenvalue weighted by molar-refractivity contribution is 5.76. The molecular weight excluding hydrogens is 305 g/mol. The summed E-state index contributed by atoms with van der Waals surface area (Å²) in [6.07, 6.45) is 0.490. The van der Waals surface area contributed by atoms with Gasteiger partial charge in [0.1, 0.15) is 5.60 Å². The average Bonchev–Trinajstić information content (AvgIpc) is 2.93. The molecule has 23 heavy (non-hydrogen) atoms. The van der Waals surface area contributed by atoms with Crippen LogP contribution in [0.25, 0.3) is 0 Å². The van der Waals surface area contributed by atoms with E-state index in [0.717, 1.165) is 16.7 Å². The molecule has 0 amide bonds. The molecule has 0 aliphatic heterocycles. The first kappa shape index (κ1) is 15.8. The van der Waals surface area contributed by atoms with Gasteiger partial charge in [0.25, 0.3) is 0 Å². The number of carbonyl (C=O) groups is 1. The summed E-state index contributed by atoms with van der Waals surface area (Å²) in [4.78, 5) is 11.3. The van der Waals surface area contributed by atoms with Gasteiger partial charge in [-0.3, -0.25) is 0 Å². The van der Waals surface area contributed by atoms with E-state index >= 15 is 0 Å². The van der Waals surface area contributed by atoms with Crippen LogP contribution >= 0.6 is 0 Å². The number of alkyl halides is 3. The summed E-state index contributed by atoms with van der Waals surface area (Å²) in [5.74, 6) is -2.16. The minimum absolute atomic E-state index is 0.0512. The number of hydrogen-bond donors (Lipinski definition) is 0. The minimum atomic E-state index is -4.96. The van der Waals surface area contributed by atoms with Crippen LogP contribution in [0.5, 0.6) is 0 Å². The topological polar surface area (TPSA) is 26.3 Å². The van der Waals surface area contributed by atoms with Crippen molar-refractivity contribution in [3.05, 3.63) is 59.2 Å². The van der Waals surface area contributed by atoms with Crippen LogP contribution in [0.3, 0.4) is 0 Å². The van der Waals surface area contributed by atoms with E-state index in [1.807, 2.05) is 42.5 Å². The summed E-state index contributed by atoms with van der Waals surface area (Å²) >= 11 is 0. The molecule has 122 valence electrons. The van der Waals surface area contributed by atoms with Gasteiger partial charge >= 0.3 is 12.1 Å². The van der Waals surface area contributed by atoms with Crippen LogP contribution in [0.4, 0.5) is 13.2 Å². The van der Waals surface area contributed by atoms with E-state index in [0.29, 0.717) is 19.3 Å². The van der Waals surface area contributed by atoms with Gasteiger partial charge < -0.3 is 4.74 Å². The lowest BCUT2D eigenvalue weighted by molar-refractivity contribution is -0.213. The van der Waals surface area contributed by atoms with E-state index in [2.05, 4.69) is 0 Å². The van der Waals surface area contributed by atoms with E-state index in [9.17, 15) is 18.0 Å². The van der Waals surface area contributed by atoms with E-state index in [4.69, 9.17) is 4.74 Å². The van der Waals surface area contributed by atoms with Gasteiger partial charge in [-0.15, -0.1) is 0 Å². The van der Waals surface area contributed by atoms with Gasteiger partial charge in [-0.05, 0) is 30.9 Å². The molecule has 0 aromatic heterocycles. The van der Waals surface area contributed by atoms with Crippen molar-refractivity contribution in [2.24, 2.45) is 0 Å². The Hall–Kier alpha value is -2.04. The number of hydrogen-bond acceptors (Lipinski definition) is 2. The fourth-order valence-electron chi connectivity index (χ4n) is 3.51. The van der Waals surface area contributed by atoms with Crippen molar-refractivity contribution < 1.29 is 22.7 Å². The molecule has 0 unspecified atom stereocenters. The molecule has 2 aliphatic carbocycles. The number of esters is 1. The van der Waals surface area contributed by atoms with Crippen LogP contribution in [0.15, 0.2) is 53.6 Å². The summed E-state index contributed by atoms with van der Waals surface area (Å²) in [6.45, 7) is 1.59. The lowest BCUT2D eigenvalue weighted by Crippen LogP contribution is -2.41. The Bertz CT molecular complexity index is 673. The van der Waals surface area contributed by atoms with Crippen molar-refractivity contribution in [1.29, 1.82) is 0 Å². The molecule has 3 rings (SSSR count). The molecule has 0 heterocycles. The van der Waals surface area contributed by atoms with Gasteiger partial charge in [-0.25, -0.2) is 4.79 Å². The third-order valence-electron chi connectivity index (χ3n) is 4.44. The van der Waals surface area contributed by atoms with Crippen LogP contribution in [0.2, 0.25) is 0 Å². The van der Waals surface area contributed by atoms with Crippen molar-refractivity contribution in [3.8, 4) is 0 Å². The summed E-state index contributed by atoms with van der Waals surface area (Å²) < 4.78 is 42.6. The zero-order valence-corrected chi connectivity index (χ0v) is 12.7. The number of ether oxygens (including phenoxy) is 1. The summed E-state index contributed by atoms with van der Waals surface area (Å²) in [5, 5.41) is 0. The fourth-order valence-corrected chi connectivity index (χ4v) is 3.51. The maximum Gasteiger partial charge on any atom is 0.490 e. The summed E-state index contributed by atoms with van der Waals surface area (Å²) in [6, 6.07) is 9.62. The molecule has 0 radical (unpaired) electrons. The van der Waals surface area contributed by atoms with Gasteiger partial charge in [0, 0.05) is 12.3 Å². The SMILES string of the molecule is C[C@]1(OC(=O)C(F)(F)F)CC2=C(C=CC2)[C@H](c2ccccc2)C1. The van der Waals surface area contributed by atoms with Crippen molar-refractivity contribution >= 4 is 5.97 Å². The Kier molecular flexibility index (Phi) is 3.82. The van der Waals surface area contributed by atoms with Crippen LogP contribution in [0, 0.1) is 0 Å². The second kappa shape index (κ2) is 5.55. The average molecular weight is 322 g/mol. The molecule has 2 aliphatic rings. The van der Waals surface area contributed by atoms with Crippen molar-refractivity contribution in [2.75, 3.05) is 0 Å². The van der Waals surface area contributed by atoms with Gasteiger partial charge in [-0.1, -0.05) is 48.1 Å². The molecule has 0 N–H and O–H groups in total. The van der Waals surface area contributed by atoms with Crippen molar-refractivity contribution in [2.45, 2.75) is 43.9 Å². The number of rotatable bonds is 2. The molecule has 5 heteroatoms. The van der Waals surface area contributed by atoms with E-state index in [1.165, 1.54) is 0 Å². The monoisotopic (exact) mass is 322 g/mol. The molecule has 0 fully saturated rings. The first-order chi connectivity index (χ1) is 10.8. The number of benzene rings is 1. The van der Waals surface area contributed by atoms with Crippen LogP contribution < -0.4 is 0 Å². The smallest absolute Gasteiger partial charge is 0.452 e. The van der Waals surface area contributed by atoms with Crippen molar-refractivity contribution in [1.82, 2.24) is 0 Å². The largest absolute Gasteiger partial charge is 0.490 e. The standard InChI is InChI=1S/C18H17F3O2/c1-17(23-16(22)18(19,20)21)10-13-8-5-9-14(13)15(11-17)12-6-3-2-4-7-12/h2-7,9,15H,8,10-11H2,1H3/t15-,17-/m0/s1. The lowest BCUT2D eigenvalue weighted by Gasteiger charge is -2.39. The Morgan fingerprint density at radius 1 is 1.26 bits per heavy atom. The Morgan fingerprint density at radius 3 is 2.61 bits per heavy atom.